The van der Waals surface area contributed by atoms with Gasteiger partial charge in [-0.05, 0) is 18.1 Å². The zero-order chi connectivity index (χ0) is 17.1. The van der Waals surface area contributed by atoms with E-state index in [0.29, 0.717) is 23.1 Å². The minimum atomic E-state index is -0.533. The molecular formula is C20H17NO3. The van der Waals surface area contributed by atoms with Crippen LogP contribution in [0.4, 0.5) is 0 Å². The monoisotopic (exact) mass is 319 g/mol. The summed E-state index contributed by atoms with van der Waals surface area (Å²) in [5, 5.41) is 2.80. The number of carbonyl (C=O) groups is 3. The topological polar surface area (TPSA) is 63.2 Å². The van der Waals surface area contributed by atoms with Crippen molar-refractivity contribution in [3.8, 4) is 0 Å². The number of allylic oxidation sites excluding steroid dienone is 1. The van der Waals surface area contributed by atoms with Crippen molar-refractivity contribution < 1.29 is 14.4 Å². The van der Waals surface area contributed by atoms with Crippen LogP contribution in [0.5, 0.6) is 0 Å². The van der Waals surface area contributed by atoms with E-state index >= 15 is 0 Å². The van der Waals surface area contributed by atoms with Gasteiger partial charge in [-0.15, -0.1) is 0 Å². The Bertz CT molecular complexity index is 837. The van der Waals surface area contributed by atoms with Crippen molar-refractivity contribution in [2.75, 3.05) is 0 Å². The van der Waals surface area contributed by atoms with Gasteiger partial charge in [-0.25, -0.2) is 0 Å². The fourth-order valence-corrected chi connectivity index (χ4v) is 2.93. The molecule has 4 heteroatoms. The number of amides is 1. The van der Waals surface area contributed by atoms with Gasteiger partial charge in [0.15, 0.2) is 11.6 Å². The maximum absolute atomic E-state index is 12.8. The Balaban J connectivity index is 1.97. The molecule has 0 fully saturated rings. The summed E-state index contributed by atoms with van der Waals surface area (Å²) < 4.78 is 0. The van der Waals surface area contributed by atoms with Gasteiger partial charge < -0.3 is 5.32 Å². The molecule has 1 aliphatic rings. The number of hydrogen-bond acceptors (Lipinski definition) is 3. The highest BCUT2D eigenvalue weighted by atomic mass is 16.2. The number of benzene rings is 2. The fourth-order valence-electron chi connectivity index (χ4n) is 2.93. The second kappa shape index (κ2) is 6.62. The summed E-state index contributed by atoms with van der Waals surface area (Å²) in [6, 6.07) is 15.8. The normalized spacial score (nSPS) is 14.6. The third kappa shape index (κ3) is 3.18. The van der Waals surface area contributed by atoms with Crippen molar-refractivity contribution >= 4 is 17.5 Å². The number of fused-ring (bicyclic) bond motifs is 1. The first-order valence-electron chi connectivity index (χ1n) is 7.77. The highest BCUT2D eigenvalue weighted by Gasteiger charge is 2.30. The summed E-state index contributed by atoms with van der Waals surface area (Å²) >= 11 is 0. The molecule has 0 heterocycles. The molecule has 0 radical (unpaired) electrons. The lowest BCUT2D eigenvalue weighted by atomic mass is 9.84. The molecule has 1 aliphatic carbocycles. The summed E-state index contributed by atoms with van der Waals surface area (Å²) in [7, 11) is 0. The Hall–Kier alpha value is -3.01. The van der Waals surface area contributed by atoms with Gasteiger partial charge in [0.25, 0.3) is 0 Å². The Morgan fingerprint density at radius 2 is 1.58 bits per heavy atom. The molecule has 0 aromatic heterocycles. The third-order valence-corrected chi connectivity index (χ3v) is 4.02. The van der Waals surface area contributed by atoms with Crippen molar-refractivity contribution in [1.82, 2.24) is 5.32 Å². The van der Waals surface area contributed by atoms with Crippen LogP contribution in [0.15, 0.2) is 66.2 Å². The van der Waals surface area contributed by atoms with Gasteiger partial charge in [-0.2, -0.15) is 0 Å². The molecule has 1 N–H and O–H groups in total. The molecule has 0 saturated heterocycles. The molecule has 3 rings (SSSR count). The zero-order valence-electron chi connectivity index (χ0n) is 13.3. The summed E-state index contributed by atoms with van der Waals surface area (Å²) in [6.45, 7) is 1.40. The number of carbonyl (C=O) groups excluding carboxylic acids is 3. The van der Waals surface area contributed by atoms with Gasteiger partial charge in [0, 0.05) is 23.6 Å². The molecule has 120 valence electrons. The maximum atomic E-state index is 12.8. The average molecular weight is 319 g/mol. The number of rotatable bonds is 4. The van der Waals surface area contributed by atoms with Gasteiger partial charge in [-0.1, -0.05) is 54.6 Å². The summed E-state index contributed by atoms with van der Waals surface area (Å²) in [5.41, 5.74) is 2.12. The van der Waals surface area contributed by atoms with Crippen LogP contribution in [0, 0.1) is 0 Å². The molecule has 2 aromatic carbocycles. The van der Waals surface area contributed by atoms with Crippen LogP contribution in [0.3, 0.4) is 0 Å². The standard InChI is InChI=1S/C20H17NO3/c1-13(22)21-18(11-14-7-3-2-4-8-14)17-12-19(23)15-9-5-6-10-16(15)20(17)24/h2-10,12,18H,11H2,1H3,(H,21,22). The van der Waals surface area contributed by atoms with Crippen molar-refractivity contribution in [1.29, 1.82) is 0 Å². The molecular weight excluding hydrogens is 302 g/mol. The third-order valence-electron chi connectivity index (χ3n) is 4.02. The second-order valence-electron chi connectivity index (χ2n) is 5.78. The van der Waals surface area contributed by atoms with Gasteiger partial charge in [-0.3, -0.25) is 14.4 Å². The Morgan fingerprint density at radius 1 is 0.958 bits per heavy atom. The summed E-state index contributed by atoms with van der Waals surface area (Å²) in [4.78, 5) is 36.7. The van der Waals surface area contributed by atoms with E-state index in [-0.39, 0.29) is 17.5 Å². The molecule has 1 unspecified atom stereocenters. The SMILES string of the molecule is CC(=O)NC(Cc1ccccc1)C1=CC(=O)c2ccccc2C1=O. The van der Waals surface area contributed by atoms with Crippen molar-refractivity contribution in [2.24, 2.45) is 0 Å². The van der Waals surface area contributed by atoms with Gasteiger partial charge in [0.1, 0.15) is 0 Å². The van der Waals surface area contributed by atoms with Crippen LogP contribution in [0.25, 0.3) is 0 Å². The number of nitrogens with one attached hydrogen (secondary N) is 1. The summed E-state index contributed by atoms with van der Waals surface area (Å²) in [6.07, 6.45) is 1.81. The Kier molecular flexibility index (Phi) is 4.38. The highest BCUT2D eigenvalue weighted by Crippen LogP contribution is 2.24. The first-order valence-corrected chi connectivity index (χ1v) is 7.77. The number of ketones is 2. The van der Waals surface area contributed by atoms with Crippen LogP contribution in [-0.4, -0.2) is 23.5 Å². The van der Waals surface area contributed by atoms with E-state index in [4.69, 9.17) is 0 Å². The Labute approximate surface area is 140 Å². The molecule has 4 nitrogen and oxygen atoms in total. The van der Waals surface area contributed by atoms with Crippen molar-refractivity contribution in [3.63, 3.8) is 0 Å². The largest absolute Gasteiger partial charge is 0.349 e. The van der Waals surface area contributed by atoms with Crippen LogP contribution in [0.1, 0.15) is 33.2 Å². The molecule has 2 aromatic rings. The number of hydrogen-bond donors (Lipinski definition) is 1. The van der Waals surface area contributed by atoms with Crippen molar-refractivity contribution in [3.05, 3.63) is 82.9 Å². The van der Waals surface area contributed by atoms with E-state index in [1.165, 1.54) is 13.0 Å². The van der Waals surface area contributed by atoms with Crippen LogP contribution in [-0.2, 0) is 11.2 Å². The first-order chi connectivity index (χ1) is 11.6. The lowest BCUT2D eigenvalue weighted by molar-refractivity contribution is -0.119. The van der Waals surface area contributed by atoms with Gasteiger partial charge in [0.05, 0.1) is 6.04 Å². The lowest BCUT2D eigenvalue weighted by Gasteiger charge is -2.24. The van der Waals surface area contributed by atoms with E-state index in [2.05, 4.69) is 5.32 Å². The molecule has 0 bridgehead atoms. The first kappa shape index (κ1) is 15.9. The minimum absolute atomic E-state index is 0.205. The molecule has 1 atom stereocenters. The predicted molar refractivity (Wildman–Crippen MR) is 90.9 cm³/mol. The van der Waals surface area contributed by atoms with E-state index in [1.54, 1.807) is 24.3 Å². The highest BCUT2D eigenvalue weighted by molar-refractivity contribution is 6.25. The van der Waals surface area contributed by atoms with E-state index < -0.39 is 6.04 Å². The van der Waals surface area contributed by atoms with E-state index in [1.807, 2.05) is 30.3 Å². The van der Waals surface area contributed by atoms with Gasteiger partial charge in [0.2, 0.25) is 5.91 Å². The predicted octanol–water partition coefficient (Wildman–Crippen LogP) is 2.74. The zero-order valence-corrected chi connectivity index (χ0v) is 13.3. The minimum Gasteiger partial charge on any atom is -0.349 e. The van der Waals surface area contributed by atoms with Crippen molar-refractivity contribution in [2.45, 2.75) is 19.4 Å². The average Bonchev–Trinajstić information content (AvgIpc) is 2.58. The van der Waals surface area contributed by atoms with Crippen LogP contribution < -0.4 is 5.32 Å². The van der Waals surface area contributed by atoms with E-state index in [9.17, 15) is 14.4 Å². The molecule has 0 aliphatic heterocycles. The number of Topliss-reactive ketones (excluding diaryl/α,β-unsaturated/α-hetero) is 1. The van der Waals surface area contributed by atoms with E-state index in [0.717, 1.165) is 5.56 Å². The van der Waals surface area contributed by atoms with Crippen LogP contribution in [0.2, 0.25) is 0 Å². The molecule has 0 saturated carbocycles. The molecule has 0 spiro atoms. The van der Waals surface area contributed by atoms with Gasteiger partial charge >= 0.3 is 0 Å². The Morgan fingerprint density at radius 3 is 2.25 bits per heavy atom. The summed E-state index contributed by atoms with van der Waals surface area (Å²) in [5.74, 6) is -0.653. The maximum Gasteiger partial charge on any atom is 0.217 e. The second-order valence-corrected chi connectivity index (χ2v) is 5.78. The van der Waals surface area contributed by atoms with Crippen LogP contribution >= 0.6 is 0 Å². The lowest BCUT2D eigenvalue weighted by Crippen LogP contribution is -2.40. The molecule has 1 amide bonds. The fraction of sp³-hybridized carbons (Fsp3) is 0.150. The quantitative estimate of drug-likeness (QED) is 0.942. The smallest absolute Gasteiger partial charge is 0.217 e. The molecule has 24 heavy (non-hydrogen) atoms.